The lowest BCUT2D eigenvalue weighted by Crippen LogP contribution is -2.28. The number of hydrogen-bond acceptors (Lipinski definition) is 2. The number of anilines is 2. The Morgan fingerprint density at radius 3 is 2.25 bits per heavy atom. The molecular formula is C19H28N4O. The first-order valence-electron chi connectivity index (χ1n) is 8.22. The van der Waals surface area contributed by atoms with Crippen LogP contribution in [-0.4, -0.2) is 15.8 Å². The van der Waals surface area contributed by atoms with Gasteiger partial charge in [-0.1, -0.05) is 32.9 Å². The highest BCUT2D eigenvalue weighted by Gasteiger charge is 2.25. The molecule has 0 radical (unpaired) electrons. The molecule has 2 N–H and O–H groups in total. The molecule has 0 spiro atoms. The first-order chi connectivity index (χ1) is 11.0. The molecule has 0 bridgehead atoms. The third-order valence-corrected chi connectivity index (χ3v) is 3.63. The van der Waals surface area contributed by atoms with Crippen LogP contribution in [0, 0.1) is 6.92 Å². The van der Waals surface area contributed by atoms with Gasteiger partial charge >= 0.3 is 6.03 Å². The molecule has 1 aromatic heterocycles. The van der Waals surface area contributed by atoms with Gasteiger partial charge in [-0.25, -0.2) is 9.48 Å². The van der Waals surface area contributed by atoms with Gasteiger partial charge in [0, 0.05) is 17.2 Å². The van der Waals surface area contributed by atoms with Crippen LogP contribution in [0.4, 0.5) is 16.3 Å². The van der Waals surface area contributed by atoms with Crippen LogP contribution in [0.2, 0.25) is 0 Å². The number of benzene rings is 1. The predicted octanol–water partition coefficient (Wildman–Crippen LogP) is 4.89. The molecule has 0 saturated heterocycles. The van der Waals surface area contributed by atoms with E-state index in [1.807, 2.05) is 41.9 Å². The number of aromatic nitrogens is 2. The maximum Gasteiger partial charge on any atom is 0.324 e. The number of amides is 2. The van der Waals surface area contributed by atoms with E-state index in [0.717, 1.165) is 16.9 Å². The van der Waals surface area contributed by atoms with Crippen molar-refractivity contribution in [2.24, 2.45) is 0 Å². The number of carbonyl (C=O) groups excluding carboxylic acids is 1. The number of nitrogens with one attached hydrogen (secondary N) is 2. The van der Waals surface area contributed by atoms with Crippen LogP contribution >= 0.6 is 0 Å². The first kappa shape index (κ1) is 18.0. The monoisotopic (exact) mass is 328 g/mol. The van der Waals surface area contributed by atoms with Crippen LogP contribution < -0.4 is 10.6 Å². The van der Waals surface area contributed by atoms with Gasteiger partial charge in [-0.15, -0.1) is 0 Å². The summed E-state index contributed by atoms with van der Waals surface area (Å²) in [6, 6.07) is 9.39. The van der Waals surface area contributed by atoms with Crippen molar-refractivity contribution in [3.63, 3.8) is 0 Å². The lowest BCUT2D eigenvalue weighted by molar-refractivity contribution is 0.261. The summed E-state index contributed by atoms with van der Waals surface area (Å²) in [5.41, 5.74) is 2.51. The van der Waals surface area contributed by atoms with Crippen LogP contribution in [0.3, 0.4) is 0 Å². The highest BCUT2D eigenvalue weighted by atomic mass is 16.2. The summed E-state index contributed by atoms with van der Waals surface area (Å²) in [6.45, 7) is 14.5. The van der Waals surface area contributed by atoms with E-state index in [9.17, 15) is 4.79 Å². The van der Waals surface area contributed by atoms with Gasteiger partial charge in [-0.05, 0) is 45.4 Å². The highest BCUT2D eigenvalue weighted by Crippen LogP contribution is 2.28. The van der Waals surface area contributed by atoms with E-state index >= 15 is 0 Å². The van der Waals surface area contributed by atoms with E-state index in [0.29, 0.717) is 5.82 Å². The standard InChI is InChI=1S/C19H28N4O/c1-13-9-8-10-14(11-13)20-17(24)21-16-12-15(18(2,3)4)22-23(16)19(5,6)7/h8-12H,1-7H3,(H2,20,21,24). The minimum atomic E-state index is -0.272. The van der Waals surface area contributed by atoms with Gasteiger partial charge in [0.25, 0.3) is 0 Å². The molecule has 24 heavy (non-hydrogen) atoms. The maximum absolute atomic E-state index is 12.4. The third-order valence-electron chi connectivity index (χ3n) is 3.63. The average Bonchev–Trinajstić information content (AvgIpc) is 2.82. The molecule has 2 amide bonds. The molecule has 5 nitrogen and oxygen atoms in total. The number of carbonyl (C=O) groups is 1. The van der Waals surface area contributed by atoms with Crippen molar-refractivity contribution in [1.82, 2.24) is 9.78 Å². The highest BCUT2D eigenvalue weighted by molar-refractivity contribution is 5.99. The summed E-state index contributed by atoms with van der Waals surface area (Å²) >= 11 is 0. The van der Waals surface area contributed by atoms with Crippen molar-refractivity contribution < 1.29 is 4.79 Å². The fraction of sp³-hybridized carbons (Fsp3) is 0.474. The molecule has 2 aromatic rings. The predicted molar refractivity (Wildman–Crippen MR) is 99.7 cm³/mol. The van der Waals surface area contributed by atoms with Crippen LogP contribution in [0.5, 0.6) is 0 Å². The average molecular weight is 328 g/mol. The number of rotatable bonds is 2. The molecule has 0 atom stereocenters. The lowest BCUT2D eigenvalue weighted by Gasteiger charge is -2.23. The maximum atomic E-state index is 12.4. The summed E-state index contributed by atoms with van der Waals surface area (Å²) in [6.07, 6.45) is 0. The second kappa shape index (κ2) is 6.30. The van der Waals surface area contributed by atoms with E-state index in [4.69, 9.17) is 5.10 Å². The van der Waals surface area contributed by atoms with E-state index in [2.05, 4.69) is 52.2 Å². The fourth-order valence-electron chi connectivity index (χ4n) is 2.35. The van der Waals surface area contributed by atoms with Crippen molar-refractivity contribution in [3.05, 3.63) is 41.6 Å². The smallest absolute Gasteiger partial charge is 0.308 e. The summed E-state index contributed by atoms with van der Waals surface area (Å²) < 4.78 is 1.86. The SMILES string of the molecule is Cc1cccc(NC(=O)Nc2cc(C(C)(C)C)nn2C(C)(C)C)c1. The zero-order valence-electron chi connectivity index (χ0n) is 15.7. The van der Waals surface area contributed by atoms with Crippen LogP contribution in [0.15, 0.2) is 30.3 Å². The Balaban J connectivity index is 2.24. The fourth-order valence-corrected chi connectivity index (χ4v) is 2.35. The molecule has 0 aliphatic heterocycles. The Morgan fingerprint density at radius 2 is 1.71 bits per heavy atom. The van der Waals surface area contributed by atoms with E-state index in [-0.39, 0.29) is 17.0 Å². The molecule has 2 rings (SSSR count). The minimum absolute atomic E-state index is 0.0834. The summed E-state index contributed by atoms with van der Waals surface area (Å²) in [5.74, 6) is 0.692. The van der Waals surface area contributed by atoms with Crippen molar-refractivity contribution in [2.45, 2.75) is 59.4 Å². The largest absolute Gasteiger partial charge is 0.324 e. The van der Waals surface area contributed by atoms with E-state index in [1.54, 1.807) is 0 Å². The van der Waals surface area contributed by atoms with Gasteiger partial charge in [-0.2, -0.15) is 5.10 Å². The number of aryl methyl sites for hydroxylation is 1. The van der Waals surface area contributed by atoms with Gasteiger partial charge in [0.15, 0.2) is 0 Å². The van der Waals surface area contributed by atoms with Crippen LogP contribution in [-0.2, 0) is 11.0 Å². The third kappa shape index (κ3) is 4.37. The molecule has 5 heteroatoms. The Morgan fingerprint density at radius 1 is 1.04 bits per heavy atom. The zero-order valence-corrected chi connectivity index (χ0v) is 15.7. The Hall–Kier alpha value is -2.30. The normalized spacial score (nSPS) is 12.1. The van der Waals surface area contributed by atoms with Crippen molar-refractivity contribution >= 4 is 17.5 Å². The van der Waals surface area contributed by atoms with Gasteiger partial charge < -0.3 is 5.32 Å². The first-order valence-corrected chi connectivity index (χ1v) is 8.22. The summed E-state index contributed by atoms with van der Waals surface area (Å²) in [5, 5.41) is 10.5. The Labute approximate surface area is 144 Å². The van der Waals surface area contributed by atoms with Crippen LogP contribution in [0.25, 0.3) is 0 Å². The van der Waals surface area contributed by atoms with Crippen molar-refractivity contribution in [3.8, 4) is 0 Å². The number of hydrogen-bond donors (Lipinski definition) is 2. The summed E-state index contributed by atoms with van der Waals surface area (Å²) in [4.78, 5) is 12.4. The quantitative estimate of drug-likeness (QED) is 0.824. The van der Waals surface area contributed by atoms with E-state index < -0.39 is 0 Å². The number of urea groups is 1. The van der Waals surface area contributed by atoms with E-state index in [1.165, 1.54) is 0 Å². The summed E-state index contributed by atoms with van der Waals surface area (Å²) in [7, 11) is 0. The second-order valence-electron chi connectivity index (χ2n) is 8.20. The second-order valence-corrected chi connectivity index (χ2v) is 8.20. The lowest BCUT2D eigenvalue weighted by atomic mass is 9.92. The Kier molecular flexibility index (Phi) is 4.74. The van der Waals surface area contributed by atoms with Gasteiger partial charge in [0.2, 0.25) is 0 Å². The Bertz CT molecular complexity index is 733. The molecule has 1 aromatic carbocycles. The molecule has 0 aliphatic rings. The van der Waals surface area contributed by atoms with Crippen LogP contribution in [0.1, 0.15) is 52.8 Å². The molecule has 0 saturated carbocycles. The molecule has 0 fully saturated rings. The molecule has 0 aliphatic carbocycles. The topological polar surface area (TPSA) is 59.0 Å². The molecule has 1 heterocycles. The minimum Gasteiger partial charge on any atom is -0.308 e. The van der Waals surface area contributed by atoms with Gasteiger partial charge in [-0.3, -0.25) is 5.32 Å². The molecule has 0 unspecified atom stereocenters. The van der Waals surface area contributed by atoms with Crippen molar-refractivity contribution in [1.29, 1.82) is 0 Å². The molecule has 130 valence electrons. The van der Waals surface area contributed by atoms with Gasteiger partial charge in [0.05, 0.1) is 11.2 Å². The zero-order chi connectivity index (χ0) is 18.1. The van der Waals surface area contributed by atoms with Crippen molar-refractivity contribution in [2.75, 3.05) is 10.6 Å². The van der Waals surface area contributed by atoms with Gasteiger partial charge in [0.1, 0.15) is 5.82 Å². The number of nitrogens with zero attached hydrogens (tertiary/aromatic N) is 2. The molecular weight excluding hydrogens is 300 g/mol.